The van der Waals surface area contributed by atoms with Gasteiger partial charge in [0.25, 0.3) is 0 Å². The summed E-state index contributed by atoms with van der Waals surface area (Å²) in [5.74, 6) is 0.817. The molecule has 1 fully saturated rings. The first-order valence-electron chi connectivity index (χ1n) is 7.15. The van der Waals surface area contributed by atoms with Gasteiger partial charge in [-0.05, 0) is 18.4 Å². The number of nitrogens with zero attached hydrogens (tertiary/aromatic N) is 2. The molecule has 100 valence electrons. The van der Waals surface area contributed by atoms with Crippen LogP contribution in [0, 0.1) is 5.92 Å². The maximum absolute atomic E-state index is 5.91. The molecule has 2 heterocycles. The van der Waals surface area contributed by atoms with Crippen molar-refractivity contribution >= 4 is 16.6 Å². The Hall–Kier alpha value is -1.61. The van der Waals surface area contributed by atoms with Gasteiger partial charge in [0.15, 0.2) is 0 Å². The minimum Gasteiger partial charge on any atom is -0.370 e. The summed E-state index contributed by atoms with van der Waals surface area (Å²) in [5, 5.41) is 1.24. The predicted molar refractivity (Wildman–Crippen MR) is 80.2 cm³/mol. The molecule has 1 aromatic heterocycles. The van der Waals surface area contributed by atoms with Crippen molar-refractivity contribution in [3.63, 3.8) is 0 Å². The van der Waals surface area contributed by atoms with E-state index in [0.29, 0.717) is 6.54 Å². The van der Waals surface area contributed by atoms with Gasteiger partial charge in [-0.25, -0.2) is 0 Å². The summed E-state index contributed by atoms with van der Waals surface area (Å²) < 4.78 is 0. The third-order valence-electron chi connectivity index (χ3n) is 4.22. The lowest BCUT2D eigenvalue weighted by atomic mass is 10.1. The largest absolute Gasteiger partial charge is 0.370 e. The molecule has 1 atom stereocenters. The van der Waals surface area contributed by atoms with E-state index in [-0.39, 0.29) is 0 Å². The van der Waals surface area contributed by atoms with Crippen molar-refractivity contribution in [3.05, 3.63) is 36.0 Å². The molecule has 0 amide bonds. The highest BCUT2D eigenvalue weighted by molar-refractivity contribution is 5.93. The molecule has 1 saturated heterocycles. The van der Waals surface area contributed by atoms with Crippen molar-refractivity contribution in [2.75, 3.05) is 18.0 Å². The zero-order valence-electron chi connectivity index (χ0n) is 11.5. The zero-order chi connectivity index (χ0) is 13.2. The minimum absolute atomic E-state index is 0.556. The van der Waals surface area contributed by atoms with Gasteiger partial charge in [-0.3, -0.25) is 4.98 Å². The number of rotatable bonds is 3. The Kier molecular flexibility index (Phi) is 3.38. The molecule has 3 heteroatoms. The average Bonchev–Trinajstić information content (AvgIpc) is 2.94. The van der Waals surface area contributed by atoms with E-state index in [1.54, 1.807) is 0 Å². The summed E-state index contributed by atoms with van der Waals surface area (Å²) in [6.45, 7) is 5.13. The van der Waals surface area contributed by atoms with E-state index >= 15 is 0 Å². The van der Waals surface area contributed by atoms with Crippen LogP contribution in [0.15, 0.2) is 30.5 Å². The first-order valence-corrected chi connectivity index (χ1v) is 7.15. The fourth-order valence-electron chi connectivity index (χ4n) is 3.06. The van der Waals surface area contributed by atoms with E-state index in [0.717, 1.165) is 30.1 Å². The molecule has 1 aromatic carbocycles. The summed E-state index contributed by atoms with van der Waals surface area (Å²) in [7, 11) is 0. The van der Waals surface area contributed by atoms with Crippen molar-refractivity contribution < 1.29 is 0 Å². The maximum Gasteiger partial charge on any atom is 0.0723 e. The molecule has 0 bridgehead atoms. The molecular formula is C16H21N3. The number of nitrogens with two attached hydrogens (primary N) is 1. The average molecular weight is 255 g/mol. The molecule has 3 rings (SSSR count). The fourth-order valence-corrected chi connectivity index (χ4v) is 3.06. The van der Waals surface area contributed by atoms with Crippen LogP contribution in [-0.2, 0) is 6.54 Å². The predicted octanol–water partition coefficient (Wildman–Crippen LogP) is 2.93. The Bertz CT molecular complexity index is 579. The number of hydrogen-bond donors (Lipinski definition) is 1. The molecule has 2 aromatic rings. The maximum atomic E-state index is 5.91. The first-order chi connectivity index (χ1) is 9.33. The van der Waals surface area contributed by atoms with E-state index < -0.39 is 0 Å². The van der Waals surface area contributed by atoms with Gasteiger partial charge in [-0.15, -0.1) is 0 Å². The Labute approximate surface area is 114 Å². The fraction of sp³-hybridized carbons (Fsp3) is 0.438. The molecular weight excluding hydrogens is 234 g/mol. The van der Waals surface area contributed by atoms with Crippen LogP contribution >= 0.6 is 0 Å². The van der Waals surface area contributed by atoms with Crippen LogP contribution in [0.4, 0.5) is 5.69 Å². The first kappa shape index (κ1) is 12.4. The van der Waals surface area contributed by atoms with Crippen LogP contribution < -0.4 is 10.6 Å². The van der Waals surface area contributed by atoms with Gasteiger partial charge in [-0.1, -0.05) is 31.5 Å². The SMILES string of the molecule is CCC1CCN(c2c(CN)cnc3ccccc23)C1. The molecule has 1 aliphatic heterocycles. The van der Waals surface area contributed by atoms with Crippen LogP contribution in [0.2, 0.25) is 0 Å². The van der Waals surface area contributed by atoms with Gasteiger partial charge in [-0.2, -0.15) is 0 Å². The van der Waals surface area contributed by atoms with Gasteiger partial charge >= 0.3 is 0 Å². The molecule has 2 N–H and O–H groups in total. The van der Waals surface area contributed by atoms with E-state index in [1.165, 1.54) is 23.9 Å². The molecule has 0 aliphatic carbocycles. The number of para-hydroxylation sites is 1. The highest BCUT2D eigenvalue weighted by Crippen LogP contribution is 2.33. The summed E-state index contributed by atoms with van der Waals surface area (Å²) >= 11 is 0. The van der Waals surface area contributed by atoms with E-state index in [2.05, 4.69) is 35.0 Å². The summed E-state index contributed by atoms with van der Waals surface area (Å²) in [4.78, 5) is 7.02. The highest BCUT2D eigenvalue weighted by Gasteiger charge is 2.24. The Morgan fingerprint density at radius 1 is 1.37 bits per heavy atom. The normalized spacial score (nSPS) is 19.3. The quantitative estimate of drug-likeness (QED) is 0.917. The van der Waals surface area contributed by atoms with Gasteiger partial charge in [0, 0.05) is 36.8 Å². The monoisotopic (exact) mass is 255 g/mol. The van der Waals surface area contributed by atoms with Crippen molar-refractivity contribution in [1.29, 1.82) is 0 Å². The van der Waals surface area contributed by atoms with Crippen molar-refractivity contribution in [2.45, 2.75) is 26.3 Å². The van der Waals surface area contributed by atoms with Crippen LogP contribution in [-0.4, -0.2) is 18.1 Å². The molecule has 3 nitrogen and oxygen atoms in total. The standard InChI is InChI=1S/C16H21N3/c1-2-12-7-8-19(11-12)16-13(9-17)10-18-15-6-4-3-5-14(15)16/h3-6,10,12H,2,7-9,11,17H2,1H3. The lowest BCUT2D eigenvalue weighted by Crippen LogP contribution is -2.22. The lowest BCUT2D eigenvalue weighted by Gasteiger charge is -2.23. The number of pyridine rings is 1. The van der Waals surface area contributed by atoms with Crippen LogP contribution in [0.1, 0.15) is 25.3 Å². The summed E-state index contributed by atoms with van der Waals surface area (Å²) in [6.07, 6.45) is 4.49. The molecule has 0 spiro atoms. The van der Waals surface area contributed by atoms with E-state index in [1.807, 2.05) is 12.3 Å². The third kappa shape index (κ3) is 2.19. The topological polar surface area (TPSA) is 42.1 Å². The second kappa shape index (κ2) is 5.17. The smallest absolute Gasteiger partial charge is 0.0723 e. The molecule has 0 radical (unpaired) electrons. The van der Waals surface area contributed by atoms with Crippen molar-refractivity contribution in [2.24, 2.45) is 11.7 Å². The molecule has 19 heavy (non-hydrogen) atoms. The third-order valence-corrected chi connectivity index (χ3v) is 4.22. The Morgan fingerprint density at radius 3 is 2.95 bits per heavy atom. The second-order valence-corrected chi connectivity index (χ2v) is 5.36. The van der Waals surface area contributed by atoms with Gasteiger partial charge < -0.3 is 10.6 Å². The van der Waals surface area contributed by atoms with Gasteiger partial charge in [0.1, 0.15) is 0 Å². The number of anilines is 1. The van der Waals surface area contributed by atoms with Crippen molar-refractivity contribution in [3.8, 4) is 0 Å². The summed E-state index contributed by atoms with van der Waals surface area (Å²) in [6, 6.07) is 8.36. The van der Waals surface area contributed by atoms with E-state index in [4.69, 9.17) is 5.73 Å². The number of aromatic nitrogens is 1. The van der Waals surface area contributed by atoms with Crippen LogP contribution in [0.25, 0.3) is 10.9 Å². The Balaban J connectivity index is 2.10. The zero-order valence-corrected chi connectivity index (χ0v) is 11.5. The molecule has 1 unspecified atom stereocenters. The van der Waals surface area contributed by atoms with Crippen LogP contribution in [0.5, 0.6) is 0 Å². The lowest BCUT2D eigenvalue weighted by molar-refractivity contribution is 0.569. The minimum atomic E-state index is 0.556. The van der Waals surface area contributed by atoms with Crippen LogP contribution in [0.3, 0.4) is 0 Å². The number of benzene rings is 1. The molecule has 1 aliphatic rings. The second-order valence-electron chi connectivity index (χ2n) is 5.36. The number of fused-ring (bicyclic) bond motifs is 1. The Morgan fingerprint density at radius 2 is 2.21 bits per heavy atom. The van der Waals surface area contributed by atoms with Gasteiger partial charge in [0.2, 0.25) is 0 Å². The highest BCUT2D eigenvalue weighted by atomic mass is 15.2. The van der Waals surface area contributed by atoms with Crippen molar-refractivity contribution in [1.82, 2.24) is 4.98 Å². The summed E-state index contributed by atoms with van der Waals surface area (Å²) in [5.41, 5.74) is 9.45. The molecule has 0 saturated carbocycles. The van der Waals surface area contributed by atoms with E-state index in [9.17, 15) is 0 Å². The number of hydrogen-bond acceptors (Lipinski definition) is 3. The van der Waals surface area contributed by atoms with Gasteiger partial charge in [0.05, 0.1) is 11.2 Å².